The number of hydrogen-bond acceptors (Lipinski definition) is 6. The standard InChI is InChI=1S/C13H19N7/c1-10(14)11-17-13(19-8-3-2-4-9-19)18-20(11)12-15-6-5-7-16-12/h5-7,10H,2-4,8-9,14H2,1H3/t10-/m0/s1. The lowest BCUT2D eigenvalue weighted by molar-refractivity contribution is 0.567. The van der Waals surface area contributed by atoms with E-state index < -0.39 is 0 Å². The molecule has 1 aliphatic rings. The summed E-state index contributed by atoms with van der Waals surface area (Å²) in [6.45, 7) is 3.89. The summed E-state index contributed by atoms with van der Waals surface area (Å²) in [5, 5.41) is 4.55. The van der Waals surface area contributed by atoms with Crippen LogP contribution >= 0.6 is 0 Å². The minimum atomic E-state index is -0.218. The van der Waals surface area contributed by atoms with E-state index >= 15 is 0 Å². The van der Waals surface area contributed by atoms with E-state index in [0.29, 0.717) is 11.8 Å². The molecule has 0 bridgehead atoms. The molecule has 0 aliphatic carbocycles. The lowest BCUT2D eigenvalue weighted by atomic mass is 10.1. The molecule has 106 valence electrons. The molecule has 0 radical (unpaired) electrons. The Hall–Kier alpha value is -2.02. The highest BCUT2D eigenvalue weighted by Gasteiger charge is 2.21. The number of nitrogens with two attached hydrogens (primary N) is 1. The summed E-state index contributed by atoms with van der Waals surface area (Å²) < 4.78 is 1.65. The van der Waals surface area contributed by atoms with E-state index in [2.05, 4.69) is 25.0 Å². The van der Waals surface area contributed by atoms with Gasteiger partial charge >= 0.3 is 0 Å². The van der Waals surface area contributed by atoms with Crippen molar-refractivity contribution < 1.29 is 0 Å². The fraction of sp³-hybridized carbons (Fsp3) is 0.538. The lowest BCUT2D eigenvalue weighted by Crippen LogP contribution is -2.30. The maximum absolute atomic E-state index is 6.00. The Bertz CT molecular complexity index is 557. The summed E-state index contributed by atoms with van der Waals surface area (Å²) in [6.07, 6.45) is 7.03. The molecule has 0 amide bonds. The maximum Gasteiger partial charge on any atom is 0.252 e. The van der Waals surface area contributed by atoms with Gasteiger partial charge in [-0.2, -0.15) is 9.67 Å². The van der Waals surface area contributed by atoms with Crippen LogP contribution in [0.4, 0.5) is 5.95 Å². The third kappa shape index (κ3) is 2.49. The van der Waals surface area contributed by atoms with Gasteiger partial charge in [-0.15, -0.1) is 5.10 Å². The van der Waals surface area contributed by atoms with Gasteiger partial charge in [-0.05, 0) is 32.3 Å². The minimum absolute atomic E-state index is 0.218. The first-order valence-corrected chi connectivity index (χ1v) is 7.00. The van der Waals surface area contributed by atoms with Crippen molar-refractivity contribution in [3.05, 3.63) is 24.3 Å². The molecule has 20 heavy (non-hydrogen) atoms. The molecule has 1 aliphatic heterocycles. The van der Waals surface area contributed by atoms with Crippen LogP contribution in [-0.2, 0) is 0 Å². The van der Waals surface area contributed by atoms with Gasteiger partial charge in [-0.3, -0.25) is 0 Å². The van der Waals surface area contributed by atoms with E-state index in [0.717, 1.165) is 19.0 Å². The van der Waals surface area contributed by atoms with Gasteiger partial charge in [0, 0.05) is 25.5 Å². The molecule has 2 aromatic heterocycles. The molecule has 1 saturated heterocycles. The third-order valence-electron chi connectivity index (χ3n) is 3.41. The number of piperidine rings is 1. The molecule has 0 saturated carbocycles. The lowest BCUT2D eigenvalue weighted by Gasteiger charge is -2.24. The Labute approximate surface area is 117 Å². The fourth-order valence-electron chi connectivity index (χ4n) is 2.38. The molecule has 0 spiro atoms. The van der Waals surface area contributed by atoms with E-state index in [-0.39, 0.29) is 6.04 Å². The minimum Gasteiger partial charge on any atom is -0.340 e. The van der Waals surface area contributed by atoms with Crippen molar-refractivity contribution in [3.8, 4) is 5.95 Å². The molecular weight excluding hydrogens is 254 g/mol. The van der Waals surface area contributed by atoms with Crippen molar-refractivity contribution in [1.82, 2.24) is 24.7 Å². The first kappa shape index (κ1) is 13.0. The molecule has 2 aromatic rings. The number of nitrogens with zero attached hydrogens (tertiary/aromatic N) is 6. The van der Waals surface area contributed by atoms with Crippen LogP contribution in [0.5, 0.6) is 0 Å². The average Bonchev–Trinajstić information content (AvgIpc) is 2.94. The van der Waals surface area contributed by atoms with Crippen molar-refractivity contribution in [3.63, 3.8) is 0 Å². The predicted molar refractivity (Wildman–Crippen MR) is 75.6 cm³/mol. The molecule has 3 rings (SSSR count). The second-order valence-corrected chi connectivity index (χ2v) is 5.07. The smallest absolute Gasteiger partial charge is 0.252 e. The Morgan fingerprint density at radius 1 is 1.10 bits per heavy atom. The molecule has 3 heterocycles. The van der Waals surface area contributed by atoms with Crippen molar-refractivity contribution in [2.75, 3.05) is 18.0 Å². The van der Waals surface area contributed by atoms with Crippen LogP contribution in [-0.4, -0.2) is 37.8 Å². The number of hydrogen-bond donors (Lipinski definition) is 1. The monoisotopic (exact) mass is 273 g/mol. The van der Waals surface area contributed by atoms with Crippen molar-refractivity contribution >= 4 is 5.95 Å². The summed E-state index contributed by atoms with van der Waals surface area (Å²) in [6, 6.07) is 1.56. The van der Waals surface area contributed by atoms with Crippen LogP contribution in [0.25, 0.3) is 5.95 Å². The highest BCUT2D eigenvalue weighted by atomic mass is 15.5. The zero-order chi connectivity index (χ0) is 13.9. The number of aromatic nitrogens is 5. The van der Waals surface area contributed by atoms with Gasteiger partial charge in [0.25, 0.3) is 5.95 Å². The molecule has 0 unspecified atom stereocenters. The Balaban J connectivity index is 1.98. The van der Waals surface area contributed by atoms with Crippen molar-refractivity contribution in [2.24, 2.45) is 5.73 Å². The van der Waals surface area contributed by atoms with E-state index in [9.17, 15) is 0 Å². The van der Waals surface area contributed by atoms with Gasteiger partial charge < -0.3 is 10.6 Å². The second-order valence-electron chi connectivity index (χ2n) is 5.07. The Kier molecular flexibility index (Phi) is 3.60. The van der Waals surface area contributed by atoms with Gasteiger partial charge in [0.2, 0.25) is 5.95 Å². The first-order valence-electron chi connectivity index (χ1n) is 7.00. The third-order valence-corrected chi connectivity index (χ3v) is 3.41. The summed E-state index contributed by atoms with van der Waals surface area (Å²) in [5.41, 5.74) is 6.00. The fourth-order valence-corrected chi connectivity index (χ4v) is 2.38. The van der Waals surface area contributed by atoms with Crippen LogP contribution in [0.1, 0.15) is 38.1 Å². The predicted octanol–water partition coefficient (Wildman–Crippen LogP) is 1.07. The summed E-state index contributed by atoms with van der Waals surface area (Å²) in [7, 11) is 0. The number of rotatable bonds is 3. The molecule has 2 N–H and O–H groups in total. The summed E-state index contributed by atoms with van der Waals surface area (Å²) in [4.78, 5) is 15.2. The van der Waals surface area contributed by atoms with E-state index in [1.807, 2.05) is 6.92 Å². The Morgan fingerprint density at radius 2 is 1.80 bits per heavy atom. The van der Waals surface area contributed by atoms with Crippen molar-refractivity contribution in [1.29, 1.82) is 0 Å². The SMILES string of the molecule is C[C@H](N)c1nc(N2CCCCC2)nn1-c1ncccn1. The molecule has 0 aromatic carbocycles. The topological polar surface area (TPSA) is 85.8 Å². The normalized spacial score (nSPS) is 17.2. The quantitative estimate of drug-likeness (QED) is 0.900. The van der Waals surface area contributed by atoms with Gasteiger partial charge in [0.05, 0.1) is 6.04 Å². The molecule has 1 fully saturated rings. The van der Waals surface area contributed by atoms with E-state index in [1.54, 1.807) is 23.1 Å². The van der Waals surface area contributed by atoms with Crippen LogP contribution in [0.3, 0.4) is 0 Å². The second kappa shape index (κ2) is 5.54. The van der Waals surface area contributed by atoms with Crippen LogP contribution < -0.4 is 10.6 Å². The van der Waals surface area contributed by atoms with Gasteiger partial charge in [-0.25, -0.2) is 9.97 Å². The van der Waals surface area contributed by atoms with E-state index in [4.69, 9.17) is 5.73 Å². The van der Waals surface area contributed by atoms with Crippen LogP contribution in [0.15, 0.2) is 18.5 Å². The molecular formula is C13H19N7. The first-order chi connectivity index (χ1) is 9.75. The Morgan fingerprint density at radius 3 is 2.45 bits per heavy atom. The highest BCUT2D eigenvalue weighted by molar-refractivity contribution is 5.32. The van der Waals surface area contributed by atoms with Gasteiger partial charge in [-0.1, -0.05) is 0 Å². The number of anilines is 1. The molecule has 7 heteroatoms. The maximum atomic E-state index is 6.00. The molecule has 1 atom stereocenters. The van der Waals surface area contributed by atoms with Gasteiger partial charge in [0.15, 0.2) is 5.82 Å². The van der Waals surface area contributed by atoms with Crippen LogP contribution in [0, 0.1) is 0 Å². The summed E-state index contributed by atoms with van der Waals surface area (Å²) >= 11 is 0. The zero-order valence-corrected chi connectivity index (χ0v) is 11.6. The highest BCUT2D eigenvalue weighted by Crippen LogP contribution is 2.19. The summed E-state index contributed by atoms with van der Waals surface area (Å²) in [5.74, 6) is 1.93. The zero-order valence-electron chi connectivity index (χ0n) is 11.6. The molecule has 7 nitrogen and oxygen atoms in total. The van der Waals surface area contributed by atoms with Crippen LogP contribution in [0.2, 0.25) is 0 Å². The van der Waals surface area contributed by atoms with Gasteiger partial charge in [0.1, 0.15) is 0 Å². The average molecular weight is 273 g/mol. The van der Waals surface area contributed by atoms with Crippen molar-refractivity contribution in [2.45, 2.75) is 32.2 Å². The largest absolute Gasteiger partial charge is 0.340 e. The van der Waals surface area contributed by atoms with E-state index in [1.165, 1.54) is 19.3 Å².